The number of phenolic OH excluding ortho intramolecular Hbond substituents is 1. The van der Waals surface area contributed by atoms with Crippen molar-refractivity contribution in [2.75, 3.05) is 24.2 Å². The summed E-state index contributed by atoms with van der Waals surface area (Å²) in [5.41, 5.74) is 5.98. The largest absolute Gasteiger partial charge is 0.506 e. The average Bonchev–Trinajstić information content (AvgIpc) is 2.21. The van der Waals surface area contributed by atoms with Crippen LogP contribution < -0.4 is 16.4 Å². The average molecular weight is 211 g/mol. The van der Waals surface area contributed by atoms with Gasteiger partial charge < -0.3 is 26.6 Å². The molecule has 0 spiro atoms. The second kappa shape index (κ2) is 5.06. The number of hydrogen-bond acceptors (Lipinski definition) is 4. The van der Waals surface area contributed by atoms with Crippen LogP contribution in [-0.2, 0) is 0 Å². The molecule has 0 aromatic heterocycles. The number of aromatic hydroxyl groups is 1. The molecule has 1 aromatic carbocycles. The van der Waals surface area contributed by atoms with Gasteiger partial charge in [-0.1, -0.05) is 6.07 Å². The number of aliphatic hydroxyl groups excluding tert-OH is 1. The van der Waals surface area contributed by atoms with Crippen molar-refractivity contribution in [2.45, 2.75) is 0 Å². The number of phenols is 1. The Balaban J connectivity index is 2.68. The van der Waals surface area contributed by atoms with Crippen LogP contribution in [-0.4, -0.2) is 29.4 Å². The molecule has 0 saturated carbocycles. The number of anilines is 2. The first-order valence-electron chi connectivity index (χ1n) is 4.38. The van der Waals surface area contributed by atoms with Crippen molar-refractivity contribution in [3.05, 3.63) is 18.2 Å². The fourth-order valence-corrected chi connectivity index (χ4v) is 1.02. The fourth-order valence-electron chi connectivity index (χ4n) is 1.02. The summed E-state index contributed by atoms with van der Waals surface area (Å²) < 4.78 is 0. The predicted molar refractivity (Wildman–Crippen MR) is 56.6 cm³/mol. The van der Waals surface area contributed by atoms with E-state index in [1.165, 1.54) is 6.07 Å². The molecule has 0 aliphatic carbocycles. The van der Waals surface area contributed by atoms with Gasteiger partial charge in [0, 0.05) is 6.54 Å². The number of carbonyl (C=O) groups is 1. The van der Waals surface area contributed by atoms with Gasteiger partial charge in [0.2, 0.25) is 0 Å². The molecule has 6 nitrogen and oxygen atoms in total. The highest BCUT2D eigenvalue weighted by Crippen LogP contribution is 2.28. The van der Waals surface area contributed by atoms with E-state index in [2.05, 4.69) is 10.6 Å². The minimum atomic E-state index is -0.530. The molecule has 1 rings (SSSR count). The minimum absolute atomic E-state index is 0.103. The number of hydrogen-bond donors (Lipinski definition) is 5. The molecule has 0 radical (unpaired) electrons. The number of benzene rings is 1. The molecule has 15 heavy (non-hydrogen) atoms. The minimum Gasteiger partial charge on any atom is -0.506 e. The van der Waals surface area contributed by atoms with Crippen molar-refractivity contribution < 1.29 is 15.0 Å². The van der Waals surface area contributed by atoms with Crippen LogP contribution in [0.5, 0.6) is 5.75 Å². The van der Waals surface area contributed by atoms with E-state index >= 15 is 0 Å². The van der Waals surface area contributed by atoms with E-state index in [0.29, 0.717) is 0 Å². The Kier molecular flexibility index (Phi) is 3.75. The fraction of sp³-hybridized carbons (Fsp3) is 0.222. The summed E-state index contributed by atoms with van der Waals surface area (Å²) in [6.45, 7) is -0.0109. The Labute approximate surface area is 86.7 Å². The van der Waals surface area contributed by atoms with Crippen LogP contribution in [0.2, 0.25) is 0 Å². The lowest BCUT2D eigenvalue weighted by Crippen LogP contribution is -2.31. The first kappa shape index (κ1) is 11.1. The van der Waals surface area contributed by atoms with Crippen molar-refractivity contribution in [3.63, 3.8) is 0 Å². The molecule has 0 bridgehead atoms. The van der Waals surface area contributed by atoms with Crippen LogP contribution in [0.25, 0.3) is 0 Å². The summed E-state index contributed by atoms with van der Waals surface area (Å²) in [6, 6.07) is 4.01. The maximum Gasteiger partial charge on any atom is 0.319 e. The molecule has 2 amide bonds. The highest BCUT2D eigenvalue weighted by Gasteiger charge is 2.08. The van der Waals surface area contributed by atoms with Gasteiger partial charge in [-0.25, -0.2) is 4.79 Å². The number of amides is 2. The maximum atomic E-state index is 11.2. The van der Waals surface area contributed by atoms with E-state index in [-0.39, 0.29) is 30.3 Å². The number of aliphatic hydroxyl groups is 1. The topological polar surface area (TPSA) is 108 Å². The molecule has 0 aliphatic heterocycles. The highest BCUT2D eigenvalue weighted by atomic mass is 16.3. The van der Waals surface area contributed by atoms with Crippen LogP contribution in [0, 0.1) is 0 Å². The molecule has 0 atom stereocenters. The van der Waals surface area contributed by atoms with Crippen molar-refractivity contribution >= 4 is 17.4 Å². The van der Waals surface area contributed by atoms with Crippen LogP contribution in [0.3, 0.4) is 0 Å². The molecule has 0 unspecified atom stereocenters. The summed E-state index contributed by atoms with van der Waals surface area (Å²) in [7, 11) is 0. The van der Waals surface area contributed by atoms with Crippen molar-refractivity contribution in [2.24, 2.45) is 0 Å². The van der Waals surface area contributed by atoms with Gasteiger partial charge >= 0.3 is 6.03 Å². The Hall–Kier alpha value is -1.95. The van der Waals surface area contributed by atoms with Gasteiger partial charge in [0.15, 0.2) is 0 Å². The predicted octanol–water partition coefficient (Wildman–Crippen LogP) is 0.0882. The highest BCUT2D eigenvalue weighted by molar-refractivity contribution is 5.94. The third-order valence-electron chi connectivity index (χ3n) is 1.71. The van der Waals surface area contributed by atoms with Crippen molar-refractivity contribution in [3.8, 4) is 5.75 Å². The molecule has 1 aromatic rings. The summed E-state index contributed by atoms with van der Waals surface area (Å²) >= 11 is 0. The Morgan fingerprint density at radius 3 is 2.80 bits per heavy atom. The molecule has 6 heteroatoms. The van der Waals surface area contributed by atoms with Gasteiger partial charge in [0.1, 0.15) is 11.4 Å². The number of nitrogens with one attached hydrogen (secondary N) is 2. The zero-order valence-corrected chi connectivity index (χ0v) is 8.03. The van der Waals surface area contributed by atoms with E-state index in [1.54, 1.807) is 12.1 Å². The van der Waals surface area contributed by atoms with Crippen molar-refractivity contribution in [1.82, 2.24) is 5.32 Å². The summed E-state index contributed by atoms with van der Waals surface area (Å²) in [4.78, 5) is 11.2. The van der Waals surface area contributed by atoms with Crippen LogP contribution in [0.15, 0.2) is 18.2 Å². The summed E-state index contributed by atoms with van der Waals surface area (Å²) in [5, 5.41) is 22.6. The van der Waals surface area contributed by atoms with Crippen LogP contribution in [0.1, 0.15) is 0 Å². The first-order valence-corrected chi connectivity index (χ1v) is 4.38. The van der Waals surface area contributed by atoms with E-state index in [0.717, 1.165) is 0 Å². The lowest BCUT2D eigenvalue weighted by Gasteiger charge is -2.10. The zero-order chi connectivity index (χ0) is 11.3. The smallest absolute Gasteiger partial charge is 0.319 e. The maximum absolute atomic E-state index is 11.2. The second-order valence-corrected chi connectivity index (χ2v) is 2.85. The molecule has 0 fully saturated rings. The quantitative estimate of drug-likeness (QED) is 0.360. The van der Waals surface area contributed by atoms with E-state index < -0.39 is 6.03 Å². The SMILES string of the molecule is Nc1cccc(O)c1NC(=O)NCCO. The molecule has 6 N–H and O–H groups in total. The number of urea groups is 1. The Morgan fingerprint density at radius 1 is 1.47 bits per heavy atom. The van der Waals surface area contributed by atoms with E-state index in [1.807, 2.05) is 0 Å². The molecule has 82 valence electrons. The standard InChI is InChI=1S/C9H13N3O3/c10-6-2-1-3-7(14)8(6)12-9(15)11-4-5-13/h1-3,13-14H,4-5,10H2,(H2,11,12,15). The Morgan fingerprint density at radius 2 is 2.20 bits per heavy atom. The number of rotatable bonds is 3. The third-order valence-corrected chi connectivity index (χ3v) is 1.71. The number of nitrogens with two attached hydrogens (primary N) is 1. The van der Waals surface area contributed by atoms with Gasteiger partial charge in [-0.3, -0.25) is 0 Å². The second-order valence-electron chi connectivity index (χ2n) is 2.85. The number of carbonyl (C=O) groups excluding carboxylic acids is 1. The van der Waals surface area contributed by atoms with Crippen LogP contribution in [0.4, 0.5) is 16.2 Å². The monoisotopic (exact) mass is 211 g/mol. The normalized spacial score (nSPS) is 9.67. The van der Waals surface area contributed by atoms with Gasteiger partial charge in [-0.15, -0.1) is 0 Å². The van der Waals surface area contributed by atoms with Gasteiger partial charge in [0.05, 0.1) is 12.3 Å². The number of para-hydroxylation sites is 1. The van der Waals surface area contributed by atoms with Crippen LogP contribution >= 0.6 is 0 Å². The summed E-state index contributed by atoms with van der Waals surface area (Å²) in [5.74, 6) is -0.103. The molecular weight excluding hydrogens is 198 g/mol. The van der Waals surface area contributed by atoms with E-state index in [9.17, 15) is 9.90 Å². The number of nitrogen functional groups attached to an aromatic ring is 1. The molecular formula is C9H13N3O3. The summed E-state index contributed by atoms with van der Waals surface area (Å²) in [6.07, 6.45) is 0. The van der Waals surface area contributed by atoms with Gasteiger partial charge in [-0.05, 0) is 12.1 Å². The third kappa shape index (κ3) is 3.03. The van der Waals surface area contributed by atoms with Gasteiger partial charge in [-0.2, -0.15) is 0 Å². The molecule has 0 aliphatic rings. The molecule has 0 saturated heterocycles. The molecule has 0 heterocycles. The zero-order valence-electron chi connectivity index (χ0n) is 8.03. The first-order chi connectivity index (χ1) is 7.15. The van der Waals surface area contributed by atoms with Gasteiger partial charge in [0.25, 0.3) is 0 Å². The van der Waals surface area contributed by atoms with Crippen molar-refractivity contribution in [1.29, 1.82) is 0 Å². The van der Waals surface area contributed by atoms with E-state index in [4.69, 9.17) is 10.8 Å². The Bertz CT molecular complexity index is 334. The lowest BCUT2D eigenvalue weighted by atomic mass is 10.2. The lowest BCUT2D eigenvalue weighted by molar-refractivity contribution is 0.244.